The van der Waals surface area contributed by atoms with Crippen molar-refractivity contribution >= 4 is 21.9 Å². The van der Waals surface area contributed by atoms with Gasteiger partial charge in [-0.05, 0) is 29.8 Å². The third kappa shape index (κ3) is 1.83. The SMILES string of the molecule is Cc1c(Br)cccc1-c1nc(C(=O)O)no1. The molecule has 1 N–H and O–H groups in total. The van der Waals surface area contributed by atoms with Crippen LogP contribution in [0.15, 0.2) is 27.2 Å². The Bertz CT molecular complexity index is 551. The maximum absolute atomic E-state index is 10.6. The van der Waals surface area contributed by atoms with E-state index in [0.29, 0.717) is 0 Å². The molecule has 1 aromatic heterocycles. The number of halogens is 1. The van der Waals surface area contributed by atoms with Gasteiger partial charge in [0.05, 0.1) is 0 Å². The maximum Gasteiger partial charge on any atom is 0.377 e. The topological polar surface area (TPSA) is 76.2 Å². The first-order valence-corrected chi connectivity index (χ1v) is 5.21. The highest BCUT2D eigenvalue weighted by Gasteiger charge is 2.16. The van der Waals surface area contributed by atoms with Crippen LogP contribution in [0.5, 0.6) is 0 Å². The predicted octanol–water partition coefficient (Wildman–Crippen LogP) is 2.51. The third-order valence-electron chi connectivity index (χ3n) is 2.12. The van der Waals surface area contributed by atoms with Crippen LogP contribution in [0.4, 0.5) is 0 Å². The van der Waals surface area contributed by atoms with Gasteiger partial charge in [-0.1, -0.05) is 22.0 Å². The number of hydrogen-bond donors (Lipinski definition) is 1. The van der Waals surface area contributed by atoms with E-state index in [1.165, 1.54) is 0 Å². The van der Waals surface area contributed by atoms with Crippen LogP contribution in [-0.2, 0) is 0 Å². The first-order valence-electron chi connectivity index (χ1n) is 4.42. The average Bonchev–Trinajstić information content (AvgIpc) is 2.71. The van der Waals surface area contributed by atoms with Crippen molar-refractivity contribution < 1.29 is 14.4 Å². The molecule has 0 radical (unpaired) electrons. The van der Waals surface area contributed by atoms with Gasteiger partial charge in [-0.25, -0.2) is 4.79 Å². The number of aromatic nitrogens is 2. The number of nitrogens with zero attached hydrogens (tertiary/aromatic N) is 2. The summed E-state index contributed by atoms with van der Waals surface area (Å²) in [7, 11) is 0. The molecule has 0 unspecified atom stereocenters. The molecule has 0 atom stereocenters. The smallest absolute Gasteiger partial charge is 0.377 e. The molecule has 5 nitrogen and oxygen atoms in total. The molecule has 0 saturated carbocycles. The molecule has 16 heavy (non-hydrogen) atoms. The molecule has 2 rings (SSSR count). The number of aromatic carboxylic acids is 1. The van der Waals surface area contributed by atoms with Gasteiger partial charge in [0.2, 0.25) is 0 Å². The van der Waals surface area contributed by atoms with Gasteiger partial charge in [-0.2, -0.15) is 4.98 Å². The van der Waals surface area contributed by atoms with Gasteiger partial charge >= 0.3 is 5.97 Å². The van der Waals surface area contributed by atoms with Crippen molar-refractivity contribution in [1.29, 1.82) is 0 Å². The minimum atomic E-state index is -1.21. The van der Waals surface area contributed by atoms with Crippen LogP contribution in [0, 0.1) is 6.92 Å². The maximum atomic E-state index is 10.6. The summed E-state index contributed by atoms with van der Waals surface area (Å²) < 4.78 is 5.79. The number of hydrogen-bond acceptors (Lipinski definition) is 4. The van der Waals surface area contributed by atoms with Crippen LogP contribution in [0.3, 0.4) is 0 Å². The lowest BCUT2D eigenvalue weighted by Crippen LogP contribution is -1.98. The van der Waals surface area contributed by atoms with Gasteiger partial charge in [-0.3, -0.25) is 0 Å². The minimum absolute atomic E-state index is 0.205. The normalized spacial score (nSPS) is 10.4. The molecular weight excluding hydrogens is 276 g/mol. The number of carboxylic acid groups (broad SMARTS) is 1. The molecule has 0 spiro atoms. The lowest BCUT2D eigenvalue weighted by atomic mass is 10.1. The fourth-order valence-electron chi connectivity index (χ4n) is 1.26. The monoisotopic (exact) mass is 282 g/mol. The fraction of sp³-hybridized carbons (Fsp3) is 0.100. The molecule has 0 fully saturated rings. The highest BCUT2D eigenvalue weighted by Crippen LogP contribution is 2.27. The van der Waals surface area contributed by atoms with Crippen molar-refractivity contribution in [3.63, 3.8) is 0 Å². The van der Waals surface area contributed by atoms with Crippen LogP contribution in [0.2, 0.25) is 0 Å². The largest absolute Gasteiger partial charge is 0.475 e. The Labute approximate surface area is 99.2 Å². The van der Waals surface area contributed by atoms with E-state index in [2.05, 4.69) is 26.1 Å². The van der Waals surface area contributed by atoms with Gasteiger partial charge in [0.15, 0.2) is 0 Å². The van der Waals surface area contributed by atoms with Crippen molar-refractivity contribution in [3.05, 3.63) is 34.1 Å². The Kier molecular flexibility index (Phi) is 2.74. The van der Waals surface area contributed by atoms with Crippen molar-refractivity contribution in [2.45, 2.75) is 6.92 Å². The van der Waals surface area contributed by atoms with E-state index in [4.69, 9.17) is 9.63 Å². The molecule has 1 heterocycles. The van der Waals surface area contributed by atoms with Crippen molar-refractivity contribution in [2.75, 3.05) is 0 Å². The van der Waals surface area contributed by atoms with Gasteiger partial charge in [0.25, 0.3) is 11.7 Å². The van der Waals surface area contributed by atoms with Crippen LogP contribution in [0.1, 0.15) is 16.2 Å². The van der Waals surface area contributed by atoms with E-state index in [9.17, 15) is 4.79 Å². The first-order chi connectivity index (χ1) is 7.59. The lowest BCUT2D eigenvalue weighted by molar-refractivity contribution is 0.0680. The third-order valence-corrected chi connectivity index (χ3v) is 2.97. The van der Waals surface area contributed by atoms with E-state index in [0.717, 1.165) is 15.6 Å². The van der Waals surface area contributed by atoms with E-state index >= 15 is 0 Å². The summed E-state index contributed by atoms with van der Waals surface area (Å²) >= 11 is 3.37. The molecular formula is C10H7BrN2O3. The summed E-state index contributed by atoms with van der Waals surface area (Å²) in [6.45, 7) is 1.88. The van der Waals surface area contributed by atoms with Crippen LogP contribution < -0.4 is 0 Å². The van der Waals surface area contributed by atoms with Crippen molar-refractivity contribution in [1.82, 2.24) is 10.1 Å². The molecule has 0 aliphatic heterocycles. The summed E-state index contributed by atoms with van der Waals surface area (Å²) in [5, 5.41) is 12.0. The Morgan fingerprint density at radius 3 is 2.88 bits per heavy atom. The van der Waals surface area contributed by atoms with Crippen molar-refractivity contribution in [3.8, 4) is 11.5 Å². The Morgan fingerprint density at radius 1 is 1.50 bits per heavy atom. The Morgan fingerprint density at radius 2 is 2.25 bits per heavy atom. The number of benzene rings is 1. The molecule has 2 aromatic rings. The summed E-state index contributed by atoms with van der Waals surface area (Å²) in [6.07, 6.45) is 0. The Balaban J connectivity index is 2.50. The van der Waals surface area contributed by atoms with E-state index in [-0.39, 0.29) is 11.7 Å². The zero-order valence-electron chi connectivity index (χ0n) is 8.27. The first kappa shape index (κ1) is 10.8. The zero-order chi connectivity index (χ0) is 11.7. The number of carboxylic acids is 1. The van der Waals surface area contributed by atoms with E-state index in [1.807, 2.05) is 19.1 Å². The molecule has 0 aliphatic rings. The van der Waals surface area contributed by atoms with Crippen LogP contribution >= 0.6 is 15.9 Å². The lowest BCUT2D eigenvalue weighted by Gasteiger charge is -2.01. The summed E-state index contributed by atoms with van der Waals surface area (Å²) in [5.74, 6) is -1.34. The molecule has 0 amide bonds. The molecule has 1 aromatic carbocycles. The van der Waals surface area contributed by atoms with Crippen LogP contribution in [-0.4, -0.2) is 21.2 Å². The minimum Gasteiger partial charge on any atom is -0.475 e. The van der Waals surface area contributed by atoms with Crippen molar-refractivity contribution in [2.24, 2.45) is 0 Å². The molecule has 6 heteroatoms. The van der Waals surface area contributed by atoms with E-state index in [1.54, 1.807) is 6.07 Å². The highest BCUT2D eigenvalue weighted by atomic mass is 79.9. The van der Waals surface area contributed by atoms with Crippen LogP contribution in [0.25, 0.3) is 11.5 Å². The van der Waals surface area contributed by atoms with Gasteiger partial charge in [0, 0.05) is 10.0 Å². The number of rotatable bonds is 2. The fourth-order valence-corrected chi connectivity index (χ4v) is 1.63. The second-order valence-corrected chi connectivity index (χ2v) is 4.00. The van der Waals surface area contributed by atoms with E-state index < -0.39 is 5.97 Å². The molecule has 0 bridgehead atoms. The molecule has 0 aliphatic carbocycles. The molecule has 82 valence electrons. The quantitative estimate of drug-likeness (QED) is 0.916. The summed E-state index contributed by atoms with van der Waals surface area (Å²) in [4.78, 5) is 14.4. The highest BCUT2D eigenvalue weighted by molar-refractivity contribution is 9.10. The zero-order valence-corrected chi connectivity index (χ0v) is 9.85. The summed E-state index contributed by atoms with van der Waals surface area (Å²) in [6, 6.07) is 5.49. The second-order valence-electron chi connectivity index (χ2n) is 3.14. The number of carbonyl (C=O) groups is 1. The Hall–Kier alpha value is -1.69. The average molecular weight is 283 g/mol. The van der Waals surface area contributed by atoms with Gasteiger partial charge < -0.3 is 9.63 Å². The van der Waals surface area contributed by atoms with Gasteiger partial charge in [0.1, 0.15) is 0 Å². The summed E-state index contributed by atoms with van der Waals surface area (Å²) in [5.41, 5.74) is 1.64. The second kappa shape index (κ2) is 4.05. The van der Waals surface area contributed by atoms with Gasteiger partial charge in [-0.15, -0.1) is 0 Å². The predicted molar refractivity (Wildman–Crippen MR) is 59.1 cm³/mol. The standard InChI is InChI=1S/C10H7BrN2O3/c1-5-6(3-2-4-7(5)11)9-12-8(10(14)15)13-16-9/h2-4H,1H3,(H,14,15). The molecule has 0 saturated heterocycles.